The summed E-state index contributed by atoms with van der Waals surface area (Å²) >= 11 is 0. The van der Waals surface area contributed by atoms with Crippen LogP contribution in [0.15, 0.2) is 36.4 Å². The average molecular weight is 379 g/mol. The molecule has 148 valence electrons. The van der Waals surface area contributed by atoms with Crippen LogP contribution in [0.4, 0.5) is 5.69 Å². The fourth-order valence-corrected chi connectivity index (χ4v) is 2.25. The molecule has 0 atom stereocenters. The zero-order valence-electron chi connectivity index (χ0n) is 15.4. The number of rotatable bonds is 14. The van der Waals surface area contributed by atoms with Crippen molar-refractivity contribution in [2.24, 2.45) is 0 Å². The van der Waals surface area contributed by atoms with E-state index in [1.54, 1.807) is 31.4 Å². The second-order valence-corrected chi connectivity index (χ2v) is 5.52. The SMILES string of the molecule is COCCOCCOCCOCCOc1ccc(N2C(=O)C=CC2=O)cc1. The molecule has 2 amide bonds. The van der Waals surface area contributed by atoms with Crippen LogP contribution < -0.4 is 9.64 Å². The molecule has 0 saturated carbocycles. The third-order valence-electron chi connectivity index (χ3n) is 3.58. The van der Waals surface area contributed by atoms with Crippen LogP contribution in [0, 0.1) is 0 Å². The Morgan fingerprint density at radius 3 is 1.70 bits per heavy atom. The Morgan fingerprint density at radius 2 is 1.19 bits per heavy atom. The molecule has 1 aromatic carbocycles. The molecular weight excluding hydrogens is 354 g/mol. The number of carbonyl (C=O) groups excluding carboxylic acids is 2. The average Bonchev–Trinajstić information content (AvgIpc) is 3.01. The Balaban J connectivity index is 1.50. The summed E-state index contributed by atoms with van der Waals surface area (Å²) in [5.74, 6) is -0.0458. The lowest BCUT2D eigenvalue weighted by Gasteiger charge is -2.14. The van der Waals surface area contributed by atoms with Crippen LogP contribution in [0.5, 0.6) is 5.75 Å². The quantitative estimate of drug-likeness (QED) is 0.355. The number of anilines is 1. The predicted molar refractivity (Wildman–Crippen MR) is 97.9 cm³/mol. The summed E-state index contributed by atoms with van der Waals surface area (Å²) in [6.45, 7) is 4.00. The Labute approximate surface area is 158 Å². The normalized spacial score (nSPS) is 13.6. The highest BCUT2D eigenvalue weighted by Gasteiger charge is 2.24. The van der Waals surface area contributed by atoms with Crippen LogP contribution in [0.1, 0.15) is 0 Å². The van der Waals surface area contributed by atoms with E-state index in [0.717, 1.165) is 4.90 Å². The minimum Gasteiger partial charge on any atom is -0.491 e. The predicted octanol–water partition coefficient (Wildman–Crippen LogP) is 1.19. The van der Waals surface area contributed by atoms with Crippen LogP contribution in [0.25, 0.3) is 0 Å². The van der Waals surface area contributed by atoms with Gasteiger partial charge in [-0.1, -0.05) is 0 Å². The van der Waals surface area contributed by atoms with E-state index in [0.29, 0.717) is 64.3 Å². The van der Waals surface area contributed by atoms with Gasteiger partial charge in [0.15, 0.2) is 0 Å². The van der Waals surface area contributed by atoms with Crippen molar-refractivity contribution in [2.75, 3.05) is 64.9 Å². The van der Waals surface area contributed by atoms with E-state index in [9.17, 15) is 9.59 Å². The Hall–Kier alpha value is -2.26. The topological polar surface area (TPSA) is 83.5 Å². The number of methoxy groups -OCH3 is 1. The molecule has 8 nitrogen and oxygen atoms in total. The molecule has 0 N–H and O–H groups in total. The van der Waals surface area contributed by atoms with Crippen molar-refractivity contribution in [1.82, 2.24) is 0 Å². The van der Waals surface area contributed by atoms with E-state index in [-0.39, 0.29) is 11.8 Å². The monoisotopic (exact) mass is 379 g/mol. The minimum atomic E-state index is -0.342. The summed E-state index contributed by atoms with van der Waals surface area (Å²) in [7, 11) is 1.63. The Kier molecular flexibility index (Phi) is 9.50. The molecule has 1 aromatic rings. The van der Waals surface area contributed by atoms with Gasteiger partial charge >= 0.3 is 0 Å². The van der Waals surface area contributed by atoms with Crippen LogP contribution in [-0.4, -0.2) is 71.8 Å². The molecule has 27 heavy (non-hydrogen) atoms. The molecule has 0 fully saturated rings. The molecule has 0 unspecified atom stereocenters. The second kappa shape index (κ2) is 12.2. The second-order valence-electron chi connectivity index (χ2n) is 5.52. The van der Waals surface area contributed by atoms with Crippen LogP contribution in [0.2, 0.25) is 0 Å². The molecule has 1 aliphatic rings. The first-order valence-electron chi connectivity index (χ1n) is 8.73. The number of hydrogen-bond acceptors (Lipinski definition) is 7. The summed E-state index contributed by atoms with van der Waals surface area (Å²) in [5, 5.41) is 0. The van der Waals surface area contributed by atoms with Crippen molar-refractivity contribution >= 4 is 17.5 Å². The van der Waals surface area contributed by atoms with Crippen molar-refractivity contribution in [3.63, 3.8) is 0 Å². The Bertz CT molecular complexity index is 597. The lowest BCUT2D eigenvalue weighted by Crippen LogP contribution is -2.29. The smallest absolute Gasteiger partial charge is 0.258 e. The van der Waals surface area contributed by atoms with Gasteiger partial charge in [-0.25, -0.2) is 4.90 Å². The summed E-state index contributed by atoms with van der Waals surface area (Å²) in [4.78, 5) is 24.3. The molecule has 0 aromatic heterocycles. The van der Waals surface area contributed by atoms with E-state index in [1.165, 1.54) is 12.2 Å². The molecule has 1 aliphatic heterocycles. The first-order valence-corrected chi connectivity index (χ1v) is 8.73. The number of carbonyl (C=O) groups is 2. The summed E-state index contributed by atoms with van der Waals surface area (Å²) < 4.78 is 26.5. The van der Waals surface area contributed by atoms with Gasteiger partial charge in [0, 0.05) is 19.3 Å². The molecule has 0 saturated heterocycles. The molecule has 2 rings (SSSR count). The number of amides is 2. The number of nitrogens with zero attached hydrogens (tertiary/aromatic N) is 1. The van der Waals surface area contributed by atoms with Gasteiger partial charge in [-0.2, -0.15) is 0 Å². The molecular formula is C19H25NO7. The standard InChI is InChI=1S/C19H25NO7/c1-23-8-9-24-10-11-25-12-13-26-14-15-27-17-4-2-16(3-5-17)20-18(21)6-7-19(20)22/h2-7H,8-15H2,1H3. The minimum absolute atomic E-state index is 0.342. The summed E-state index contributed by atoms with van der Waals surface area (Å²) in [6, 6.07) is 6.75. The molecule has 0 bridgehead atoms. The maximum Gasteiger partial charge on any atom is 0.258 e. The van der Waals surface area contributed by atoms with Gasteiger partial charge in [-0.3, -0.25) is 9.59 Å². The van der Waals surface area contributed by atoms with Gasteiger partial charge in [-0.05, 0) is 24.3 Å². The maximum atomic E-state index is 11.6. The zero-order chi connectivity index (χ0) is 19.3. The first kappa shape index (κ1) is 21.0. The van der Waals surface area contributed by atoms with Gasteiger partial charge in [0.05, 0.1) is 51.9 Å². The zero-order valence-corrected chi connectivity index (χ0v) is 15.4. The van der Waals surface area contributed by atoms with E-state index in [4.69, 9.17) is 23.7 Å². The fourth-order valence-electron chi connectivity index (χ4n) is 2.25. The van der Waals surface area contributed by atoms with Crippen molar-refractivity contribution in [1.29, 1.82) is 0 Å². The van der Waals surface area contributed by atoms with Crippen molar-refractivity contribution in [2.45, 2.75) is 0 Å². The number of benzene rings is 1. The first-order chi connectivity index (χ1) is 13.2. The van der Waals surface area contributed by atoms with E-state index in [1.807, 2.05) is 0 Å². The lowest BCUT2D eigenvalue weighted by molar-refractivity contribution is -0.119. The van der Waals surface area contributed by atoms with Gasteiger partial charge in [0.2, 0.25) is 0 Å². The van der Waals surface area contributed by atoms with Crippen LogP contribution >= 0.6 is 0 Å². The van der Waals surface area contributed by atoms with Crippen LogP contribution in [0.3, 0.4) is 0 Å². The van der Waals surface area contributed by atoms with Crippen molar-refractivity contribution in [3.05, 3.63) is 36.4 Å². The van der Waals surface area contributed by atoms with E-state index in [2.05, 4.69) is 0 Å². The van der Waals surface area contributed by atoms with Gasteiger partial charge in [-0.15, -0.1) is 0 Å². The van der Waals surface area contributed by atoms with Gasteiger partial charge in [0.1, 0.15) is 12.4 Å². The summed E-state index contributed by atoms with van der Waals surface area (Å²) in [5.41, 5.74) is 0.516. The number of hydrogen-bond donors (Lipinski definition) is 0. The number of ether oxygens (including phenoxy) is 5. The van der Waals surface area contributed by atoms with E-state index >= 15 is 0 Å². The lowest BCUT2D eigenvalue weighted by atomic mass is 10.3. The summed E-state index contributed by atoms with van der Waals surface area (Å²) in [6.07, 6.45) is 2.50. The fraction of sp³-hybridized carbons (Fsp3) is 0.474. The third-order valence-corrected chi connectivity index (χ3v) is 3.58. The molecule has 0 radical (unpaired) electrons. The highest BCUT2D eigenvalue weighted by molar-refractivity contribution is 6.28. The van der Waals surface area contributed by atoms with Crippen LogP contribution in [-0.2, 0) is 28.5 Å². The Morgan fingerprint density at radius 1 is 0.704 bits per heavy atom. The third kappa shape index (κ3) is 7.48. The van der Waals surface area contributed by atoms with E-state index < -0.39 is 0 Å². The van der Waals surface area contributed by atoms with Gasteiger partial charge < -0.3 is 23.7 Å². The van der Waals surface area contributed by atoms with Crippen molar-refractivity contribution in [3.8, 4) is 5.75 Å². The van der Waals surface area contributed by atoms with Crippen molar-refractivity contribution < 1.29 is 33.3 Å². The number of imide groups is 1. The molecule has 8 heteroatoms. The molecule has 1 heterocycles. The molecule has 0 spiro atoms. The van der Waals surface area contributed by atoms with Gasteiger partial charge in [0.25, 0.3) is 11.8 Å². The highest BCUT2D eigenvalue weighted by Crippen LogP contribution is 2.22. The molecule has 0 aliphatic carbocycles. The maximum absolute atomic E-state index is 11.6. The largest absolute Gasteiger partial charge is 0.491 e. The highest BCUT2D eigenvalue weighted by atomic mass is 16.6.